The maximum atomic E-state index is 11.6. The average molecular weight is 248 g/mol. The monoisotopic (exact) mass is 248 g/mol. The van der Waals surface area contributed by atoms with E-state index in [0.29, 0.717) is 19.6 Å². The SMILES string of the molecule is CCOC1C(=O)NC(=O)N1CCc1ccccc1. The van der Waals surface area contributed by atoms with Crippen LogP contribution in [0.2, 0.25) is 0 Å². The Morgan fingerprint density at radius 2 is 2.00 bits per heavy atom. The number of hydrogen-bond acceptors (Lipinski definition) is 3. The van der Waals surface area contributed by atoms with Crippen molar-refractivity contribution in [3.05, 3.63) is 35.9 Å². The quantitative estimate of drug-likeness (QED) is 0.795. The van der Waals surface area contributed by atoms with E-state index in [1.807, 2.05) is 30.3 Å². The molecule has 0 saturated carbocycles. The number of benzene rings is 1. The molecule has 18 heavy (non-hydrogen) atoms. The minimum atomic E-state index is -0.786. The molecule has 0 bridgehead atoms. The first kappa shape index (κ1) is 12.6. The van der Waals surface area contributed by atoms with Crippen LogP contribution < -0.4 is 5.32 Å². The zero-order valence-electron chi connectivity index (χ0n) is 10.3. The number of carbonyl (C=O) groups excluding carboxylic acids is 2. The normalized spacial score (nSPS) is 19.2. The van der Waals surface area contributed by atoms with Crippen molar-refractivity contribution in [2.75, 3.05) is 13.2 Å². The van der Waals surface area contributed by atoms with Crippen LogP contribution in [0.5, 0.6) is 0 Å². The number of nitrogens with zero attached hydrogens (tertiary/aromatic N) is 1. The van der Waals surface area contributed by atoms with Gasteiger partial charge in [0.1, 0.15) is 0 Å². The van der Waals surface area contributed by atoms with Crippen LogP contribution in [0.25, 0.3) is 0 Å². The van der Waals surface area contributed by atoms with Gasteiger partial charge in [0.15, 0.2) is 0 Å². The molecule has 1 saturated heterocycles. The zero-order valence-corrected chi connectivity index (χ0v) is 10.3. The van der Waals surface area contributed by atoms with E-state index in [4.69, 9.17) is 4.74 Å². The third-order valence-corrected chi connectivity index (χ3v) is 2.81. The summed E-state index contributed by atoms with van der Waals surface area (Å²) in [4.78, 5) is 24.5. The van der Waals surface area contributed by atoms with Gasteiger partial charge in [0.2, 0.25) is 6.23 Å². The maximum absolute atomic E-state index is 11.6. The van der Waals surface area contributed by atoms with Crippen LogP contribution in [0.1, 0.15) is 12.5 Å². The molecule has 0 radical (unpaired) electrons. The molecule has 0 aliphatic carbocycles. The van der Waals surface area contributed by atoms with Gasteiger partial charge >= 0.3 is 6.03 Å². The number of urea groups is 1. The molecule has 1 aromatic rings. The summed E-state index contributed by atoms with van der Waals surface area (Å²) < 4.78 is 5.28. The van der Waals surface area contributed by atoms with Gasteiger partial charge in [0.25, 0.3) is 5.91 Å². The third-order valence-electron chi connectivity index (χ3n) is 2.81. The summed E-state index contributed by atoms with van der Waals surface area (Å²) in [5.41, 5.74) is 1.12. The fourth-order valence-electron chi connectivity index (χ4n) is 1.92. The lowest BCUT2D eigenvalue weighted by Crippen LogP contribution is -2.38. The van der Waals surface area contributed by atoms with E-state index in [1.54, 1.807) is 6.92 Å². The Morgan fingerprint density at radius 3 is 2.67 bits per heavy atom. The maximum Gasteiger partial charge on any atom is 0.326 e. The molecule has 1 aliphatic heterocycles. The van der Waals surface area contributed by atoms with Crippen molar-refractivity contribution in [1.82, 2.24) is 10.2 Å². The highest BCUT2D eigenvalue weighted by molar-refractivity contribution is 6.03. The Balaban J connectivity index is 1.98. The van der Waals surface area contributed by atoms with E-state index in [0.717, 1.165) is 5.56 Å². The second-order valence-electron chi connectivity index (χ2n) is 4.03. The molecule has 5 heteroatoms. The second kappa shape index (κ2) is 5.64. The minimum Gasteiger partial charge on any atom is -0.350 e. The van der Waals surface area contributed by atoms with Gasteiger partial charge in [-0.25, -0.2) is 4.79 Å². The molecule has 1 fully saturated rings. The van der Waals surface area contributed by atoms with Crippen LogP contribution in [0.4, 0.5) is 4.79 Å². The lowest BCUT2D eigenvalue weighted by atomic mass is 10.1. The Morgan fingerprint density at radius 1 is 1.28 bits per heavy atom. The molecule has 2 rings (SSSR count). The lowest BCUT2D eigenvalue weighted by Gasteiger charge is -2.21. The molecule has 3 amide bonds. The fourth-order valence-corrected chi connectivity index (χ4v) is 1.92. The van der Waals surface area contributed by atoms with Gasteiger partial charge in [-0.1, -0.05) is 30.3 Å². The molecule has 1 aliphatic rings. The summed E-state index contributed by atoms with van der Waals surface area (Å²) >= 11 is 0. The molecule has 96 valence electrons. The van der Waals surface area contributed by atoms with E-state index < -0.39 is 6.23 Å². The summed E-state index contributed by atoms with van der Waals surface area (Å²) in [5.74, 6) is -0.380. The smallest absolute Gasteiger partial charge is 0.326 e. The van der Waals surface area contributed by atoms with Gasteiger partial charge in [-0.05, 0) is 18.9 Å². The van der Waals surface area contributed by atoms with Crippen molar-refractivity contribution in [1.29, 1.82) is 0 Å². The van der Waals surface area contributed by atoms with Crippen molar-refractivity contribution < 1.29 is 14.3 Å². The predicted octanol–water partition coefficient (Wildman–Crippen LogP) is 1.14. The van der Waals surface area contributed by atoms with E-state index in [-0.39, 0.29) is 11.9 Å². The summed E-state index contributed by atoms with van der Waals surface area (Å²) in [6.07, 6.45) is -0.0864. The largest absolute Gasteiger partial charge is 0.350 e. The van der Waals surface area contributed by atoms with E-state index >= 15 is 0 Å². The van der Waals surface area contributed by atoms with E-state index in [1.165, 1.54) is 4.90 Å². The molecule has 0 aromatic heterocycles. The zero-order chi connectivity index (χ0) is 13.0. The summed E-state index contributed by atoms with van der Waals surface area (Å²) in [6.45, 7) is 2.66. The van der Waals surface area contributed by atoms with Crippen LogP contribution in [0.3, 0.4) is 0 Å². The fraction of sp³-hybridized carbons (Fsp3) is 0.385. The molecule has 1 atom stereocenters. The van der Waals surface area contributed by atoms with E-state index in [9.17, 15) is 9.59 Å². The Kier molecular flexibility index (Phi) is 3.94. The van der Waals surface area contributed by atoms with Crippen LogP contribution in [-0.4, -0.2) is 36.2 Å². The van der Waals surface area contributed by atoms with Crippen LogP contribution in [0.15, 0.2) is 30.3 Å². The molecule has 5 nitrogen and oxygen atoms in total. The van der Waals surface area contributed by atoms with E-state index in [2.05, 4.69) is 5.32 Å². The number of hydrogen-bond donors (Lipinski definition) is 1. The summed E-state index contributed by atoms with van der Waals surface area (Å²) in [7, 11) is 0. The van der Waals surface area contributed by atoms with Crippen molar-refractivity contribution >= 4 is 11.9 Å². The topological polar surface area (TPSA) is 58.6 Å². The number of amides is 3. The number of imide groups is 1. The molecule has 0 spiro atoms. The number of carbonyl (C=O) groups is 2. The van der Waals surface area contributed by atoms with Crippen LogP contribution >= 0.6 is 0 Å². The first-order chi connectivity index (χ1) is 8.72. The Bertz CT molecular complexity index is 433. The molecule has 1 N–H and O–H groups in total. The average Bonchev–Trinajstić information content (AvgIpc) is 2.64. The lowest BCUT2D eigenvalue weighted by molar-refractivity contribution is -0.135. The standard InChI is InChI=1S/C13H16N2O3/c1-2-18-12-11(16)14-13(17)15(12)9-8-10-6-4-3-5-7-10/h3-7,12H,2,8-9H2,1H3,(H,14,16,17). The molecule has 1 aromatic carbocycles. The van der Waals surface area contributed by atoms with Crippen molar-refractivity contribution in [2.45, 2.75) is 19.6 Å². The van der Waals surface area contributed by atoms with Gasteiger partial charge in [-0.3, -0.25) is 15.0 Å². The molecule has 1 unspecified atom stereocenters. The number of rotatable bonds is 5. The van der Waals surface area contributed by atoms with Crippen LogP contribution in [-0.2, 0) is 16.0 Å². The Labute approximate surface area is 106 Å². The first-order valence-corrected chi connectivity index (χ1v) is 5.99. The summed E-state index contributed by atoms with van der Waals surface area (Å²) in [5, 5.41) is 2.26. The Hall–Kier alpha value is -1.88. The predicted molar refractivity (Wildman–Crippen MR) is 65.8 cm³/mol. The summed E-state index contributed by atoms with van der Waals surface area (Å²) in [6, 6.07) is 9.44. The second-order valence-corrected chi connectivity index (χ2v) is 4.03. The van der Waals surface area contributed by atoms with Gasteiger partial charge in [-0.15, -0.1) is 0 Å². The van der Waals surface area contributed by atoms with Gasteiger partial charge in [0, 0.05) is 13.2 Å². The highest BCUT2D eigenvalue weighted by Gasteiger charge is 2.38. The molecular formula is C13H16N2O3. The highest BCUT2D eigenvalue weighted by atomic mass is 16.5. The van der Waals surface area contributed by atoms with Crippen molar-refractivity contribution in [3.8, 4) is 0 Å². The molecular weight excluding hydrogens is 232 g/mol. The number of nitrogens with one attached hydrogen (secondary N) is 1. The van der Waals surface area contributed by atoms with Gasteiger partial charge in [-0.2, -0.15) is 0 Å². The highest BCUT2D eigenvalue weighted by Crippen LogP contribution is 2.11. The number of ether oxygens (including phenoxy) is 1. The first-order valence-electron chi connectivity index (χ1n) is 5.99. The van der Waals surface area contributed by atoms with Crippen molar-refractivity contribution in [3.63, 3.8) is 0 Å². The van der Waals surface area contributed by atoms with Crippen molar-refractivity contribution in [2.24, 2.45) is 0 Å². The van der Waals surface area contributed by atoms with Crippen LogP contribution in [0, 0.1) is 0 Å². The third kappa shape index (κ3) is 2.68. The minimum absolute atomic E-state index is 0.380. The van der Waals surface area contributed by atoms with Gasteiger partial charge in [0.05, 0.1) is 0 Å². The van der Waals surface area contributed by atoms with Gasteiger partial charge < -0.3 is 4.74 Å². The molecule has 1 heterocycles.